The van der Waals surface area contributed by atoms with Crippen molar-refractivity contribution in [1.29, 1.82) is 0 Å². The first kappa shape index (κ1) is 72.6. The van der Waals surface area contributed by atoms with E-state index in [2.05, 4.69) is 57.2 Å². The van der Waals surface area contributed by atoms with E-state index in [1.165, 1.54) is 263 Å². The standard InChI is InChI=1S/C69H128O6/c1-4-7-10-13-16-19-22-25-28-31-33-34-35-36-37-39-41-44-47-50-53-56-59-62-68(71)74-65-66(64-73-67(70)61-58-55-52-49-46-43-40-30-27-24-21-18-15-12-9-6-3)75-69(72)63-60-57-54-51-48-45-42-38-32-29-26-23-20-17-14-11-8-5-2/h22,25,29,31-33,66H,4-21,23-24,26-28,30,34-65H2,1-3H3/b25-22-,32-29-,33-31-. The molecule has 0 aromatic rings. The summed E-state index contributed by atoms with van der Waals surface area (Å²) in [7, 11) is 0. The fourth-order valence-corrected chi connectivity index (χ4v) is 10.1. The summed E-state index contributed by atoms with van der Waals surface area (Å²) in [6, 6.07) is 0. The van der Waals surface area contributed by atoms with Crippen LogP contribution in [0, 0.1) is 0 Å². The van der Waals surface area contributed by atoms with Crippen LogP contribution in [0.4, 0.5) is 0 Å². The second kappa shape index (κ2) is 64.2. The molecule has 0 aliphatic carbocycles. The number of carbonyl (C=O) groups excluding carboxylic acids is 3. The number of rotatable bonds is 62. The number of allylic oxidation sites excluding steroid dienone is 6. The SMILES string of the molecule is CCCCCCC/C=C\C/C=C\CCCCCCCCCCCCCC(=O)OCC(COC(=O)CCCCCCCCCCCCCCCCCC)OC(=O)CCCCCCCCC/C=C\CCCCCCCCC. The van der Waals surface area contributed by atoms with Crippen LogP contribution in [0.15, 0.2) is 36.5 Å². The highest BCUT2D eigenvalue weighted by molar-refractivity contribution is 5.71. The molecule has 0 spiro atoms. The van der Waals surface area contributed by atoms with Crippen molar-refractivity contribution in [2.45, 2.75) is 374 Å². The molecule has 75 heavy (non-hydrogen) atoms. The van der Waals surface area contributed by atoms with Crippen LogP contribution in [-0.4, -0.2) is 37.2 Å². The summed E-state index contributed by atoms with van der Waals surface area (Å²) in [4.78, 5) is 38.4. The molecule has 440 valence electrons. The van der Waals surface area contributed by atoms with Gasteiger partial charge in [0.25, 0.3) is 0 Å². The fourth-order valence-electron chi connectivity index (χ4n) is 10.1. The lowest BCUT2D eigenvalue weighted by molar-refractivity contribution is -0.167. The molecule has 0 fully saturated rings. The Hall–Kier alpha value is -2.37. The minimum absolute atomic E-state index is 0.0696. The number of hydrogen-bond acceptors (Lipinski definition) is 6. The number of esters is 3. The van der Waals surface area contributed by atoms with Crippen molar-refractivity contribution < 1.29 is 28.6 Å². The second-order valence-electron chi connectivity index (χ2n) is 22.7. The van der Waals surface area contributed by atoms with Crippen molar-refractivity contribution in [1.82, 2.24) is 0 Å². The molecule has 0 saturated carbocycles. The van der Waals surface area contributed by atoms with Gasteiger partial charge in [0, 0.05) is 19.3 Å². The van der Waals surface area contributed by atoms with Gasteiger partial charge >= 0.3 is 17.9 Å². The van der Waals surface area contributed by atoms with Crippen LogP contribution in [0.2, 0.25) is 0 Å². The van der Waals surface area contributed by atoms with Gasteiger partial charge in [-0.15, -0.1) is 0 Å². The largest absolute Gasteiger partial charge is 0.462 e. The highest BCUT2D eigenvalue weighted by Gasteiger charge is 2.19. The lowest BCUT2D eigenvalue weighted by Gasteiger charge is -2.18. The van der Waals surface area contributed by atoms with E-state index < -0.39 is 6.10 Å². The molecular weight excluding hydrogens is 925 g/mol. The Morgan fingerprint density at radius 3 is 0.747 bits per heavy atom. The van der Waals surface area contributed by atoms with Gasteiger partial charge in [0.2, 0.25) is 0 Å². The van der Waals surface area contributed by atoms with Gasteiger partial charge in [0.15, 0.2) is 6.10 Å². The highest BCUT2D eigenvalue weighted by atomic mass is 16.6. The second-order valence-corrected chi connectivity index (χ2v) is 22.7. The third kappa shape index (κ3) is 62.4. The molecular formula is C69H128O6. The summed E-state index contributed by atoms with van der Waals surface area (Å²) >= 11 is 0. The van der Waals surface area contributed by atoms with Crippen LogP contribution in [0.5, 0.6) is 0 Å². The Bertz CT molecular complexity index is 1250. The molecule has 1 unspecified atom stereocenters. The molecule has 0 N–H and O–H groups in total. The molecule has 0 amide bonds. The number of ether oxygens (including phenoxy) is 3. The van der Waals surface area contributed by atoms with E-state index in [4.69, 9.17) is 14.2 Å². The summed E-state index contributed by atoms with van der Waals surface area (Å²) in [5.41, 5.74) is 0. The lowest BCUT2D eigenvalue weighted by Crippen LogP contribution is -2.30. The van der Waals surface area contributed by atoms with Gasteiger partial charge in [-0.3, -0.25) is 14.4 Å². The summed E-state index contributed by atoms with van der Waals surface area (Å²) in [6.45, 7) is 6.69. The number of hydrogen-bond donors (Lipinski definition) is 0. The van der Waals surface area contributed by atoms with E-state index in [-0.39, 0.29) is 31.1 Å². The van der Waals surface area contributed by atoms with Crippen molar-refractivity contribution in [3.8, 4) is 0 Å². The molecule has 6 nitrogen and oxygen atoms in total. The van der Waals surface area contributed by atoms with E-state index >= 15 is 0 Å². The van der Waals surface area contributed by atoms with Gasteiger partial charge in [0.05, 0.1) is 0 Å². The minimum atomic E-state index is -0.773. The maximum Gasteiger partial charge on any atom is 0.306 e. The Kier molecular flexibility index (Phi) is 62.1. The Balaban J connectivity index is 4.31. The lowest BCUT2D eigenvalue weighted by atomic mass is 10.0. The van der Waals surface area contributed by atoms with Gasteiger partial charge in [0.1, 0.15) is 13.2 Å². The summed E-state index contributed by atoms with van der Waals surface area (Å²) < 4.78 is 17.0. The zero-order valence-electron chi connectivity index (χ0n) is 50.6. The van der Waals surface area contributed by atoms with Crippen molar-refractivity contribution in [2.75, 3.05) is 13.2 Å². The summed E-state index contributed by atoms with van der Waals surface area (Å²) in [5.74, 6) is -0.850. The first-order chi connectivity index (χ1) is 37.0. The number of carbonyl (C=O) groups is 3. The van der Waals surface area contributed by atoms with Crippen LogP contribution in [-0.2, 0) is 28.6 Å². The van der Waals surface area contributed by atoms with Crippen LogP contribution in [0.25, 0.3) is 0 Å². The van der Waals surface area contributed by atoms with E-state index in [0.717, 1.165) is 64.2 Å². The van der Waals surface area contributed by atoms with Crippen LogP contribution in [0.3, 0.4) is 0 Å². The van der Waals surface area contributed by atoms with Crippen molar-refractivity contribution >= 4 is 17.9 Å². The third-order valence-electron chi connectivity index (χ3n) is 15.1. The van der Waals surface area contributed by atoms with Gasteiger partial charge in [-0.05, 0) is 77.0 Å². The average molecular weight is 1050 g/mol. The molecule has 0 saturated heterocycles. The molecule has 0 rings (SSSR count). The van der Waals surface area contributed by atoms with Crippen LogP contribution in [0.1, 0.15) is 367 Å². The first-order valence-corrected chi connectivity index (χ1v) is 33.5. The van der Waals surface area contributed by atoms with Crippen molar-refractivity contribution in [3.05, 3.63) is 36.5 Å². The predicted molar refractivity (Wildman–Crippen MR) is 326 cm³/mol. The van der Waals surface area contributed by atoms with E-state index in [9.17, 15) is 14.4 Å². The normalized spacial score (nSPS) is 12.2. The average Bonchev–Trinajstić information content (AvgIpc) is 3.41. The highest BCUT2D eigenvalue weighted by Crippen LogP contribution is 2.18. The van der Waals surface area contributed by atoms with Gasteiger partial charge in [-0.25, -0.2) is 0 Å². The molecule has 6 heteroatoms. The first-order valence-electron chi connectivity index (χ1n) is 33.5. The Labute approximate surface area is 467 Å². The summed E-state index contributed by atoms with van der Waals surface area (Å²) in [5, 5.41) is 0. The third-order valence-corrected chi connectivity index (χ3v) is 15.1. The molecule has 0 aromatic heterocycles. The maximum absolute atomic E-state index is 12.9. The van der Waals surface area contributed by atoms with Gasteiger partial charge in [-0.2, -0.15) is 0 Å². The molecule has 0 aliphatic rings. The minimum Gasteiger partial charge on any atom is -0.462 e. The topological polar surface area (TPSA) is 78.9 Å². The van der Waals surface area contributed by atoms with Crippen molar-refractivity contribution in [3.63, 3.8) is 0 Å². The molecule has 0 aliphatic heterocycles. The monoisotopic (exact) mass is 1050 g/mol. The zero-order valence-corrected chi connectivity index (χ0v) is 50.6. The number of unbranched alkanes of at least 4 members (excludes halogenated alkanes) is 45. The smallest absolute Gasteiger partial charge is 0.306 e. The van der Waals surface area contributed by atoms with E-state index in [0.29, 0.717) is 19.3 Å². The quantitative estimate of drug-likeness (QED) is 0.0261. The molecule has 0 heterocycles. The summed E-state index contributed by atoms with van der Waals surface area (Å²) in [6.07, 6.45) is 78.6. The van der Waals surface area contributed by atoms with Gasteiger partial charge < -0.3 is 14.2 Å². The molecule has 0 aromatic carbocycles. The maximum atomic E-state index is 12.9. The molecule has 1 atom stereocenters. The molecule has 0 radical (unpaired) electrons. The zero-order chi connectivity index (χ0) is 54.3. The predicted octanol–water partition coefficient (Wildman–Crippen LogP) is 22.8. The van der Waals surface area contributed by atoms with Crippen LogP contribution < -0.4 is 0 Å². The van der Waals surface area contributed by atoms with Gasteiger partial charge in [-0.1, -0.05) is 308 Å². The molecule has 0 bridgehead atoms. The van der Waals surface area contributed by atoms with Crippen LogP contribution >= 0.6 is 0 Å². The Morgan fingerprint density at radius 1 is 0.267 bits per heavy atom. The van der Waals surface area contributed by atoms with E-state index in [1.807, 2.05) is 0 Å². The Morgan fingerprint density at radius 2 is 0.480 bits per heavy atom. The fraction of sp³-hybridized carbons (Fsp3) is 0.870. The van der Waals surface area contributed by atoms with Crippen molar-refractivity contribution in [2.24, 2.45) is 0 Å². The van der Waals surface area contributed by atoms with E-state index in [1.54, 1.807) is 0 Å².